The molecule has 0 unspecified atom stereocenters. The van der Waals surface area contributed by atoms with Crippen LogP contribution >= 0.6 is 0 Å². The summed E-state index contributed by atoms with van der Waals surface area (Å²) in [7, 11) is -3.85. The lowest BCUT2D eigenvalue weighted by Gasteiger charge is -2.27. The molecule has 2 saturated carbocycles. The first-order valence-corrected chi connectivity index (χ1v) is 11.7. The van der Waals surface area contributed by atoms with E-state index in [9.17, 15) is 13.2 Å². The molecule has 2 aromatic rings. The molecule has 3 atom stereocenters. The van der Waals surface area contributed by atoms with E-state index in [-0.39, 0.29) is 23.4 Å². The van der Waals surface area contributed by atoms with Gasteiger partial charge in [-0.15, -0.1) is 0 Å². The molecule has 0 saturated heterocycles. The number of hydrogen-bond acceptors (Lipinski definition) is 3. The number of hydrogen-bond donors (Lipinski definition) is 1. The molecule has 0 aromatic heterocycles. The van der Waals surface area contributed by atoms with Gasteiger partial charge in [0.15, 0.2) is 0 Å². The van der Waals surface area contributed by atoms with Crippen molar-refractivity contribution in [2.24, 2.45) is 11.8 Å². The van der Waals surface area contributed by atoms with Crippen molar-refractivity contribution >= 4 is 21.6 Å². The summed E-state index contributed by atoms with van der Waals surface area (Å²) in [6, 6.07) is 14.2. The Hall–Kier alpha value is -2.34. The predicted octanol–water partition coefficient (Wildman–Crippen LogP) is 3.80. The maximum absolute atomic E-state index is 13.4. The Balaban J connectivity index is 1.59. The second-order valence-electron chi connectivity index (χ2n) is 8.51. The van der Waals surface area contributed by atoms with E-state index >= 15 is 0 Å². The summed E-state index contributed by atoms with van der Waals surface area (Å²) in [5.74, 6) is 1.03. The van der Waals surface area contributed by atoms with Crippen LogP contribution in [0.2, 0.25) is 0 Å². The van der Waals surface area contributed by atoms with Gasteiger partial charge in [0.2, 0.25) is 5.91 Å². The first-order chi connectivity index (χ1) is 13.8. The number of nitrogens with zero attached hydrogens (tertiary/aromatic N) is 1. The molecule has 154 valence electrons. The van der Waals surface area contributed by atoms with Crippen molar-refractivity contribution in [1.82, 2.24) is 5.32 Å². The van der Waals surface area contributed by atoms with Gasteiger partial charge < -0.3 is 5.32 Å². The number of fused-ring (bicyclic) bond motifs is 2. The van der Waals surface area contributed by atoms with Crippen LogP contribution in [0.5, 0.6) is 0 Å². The molecule has 1 amide bonds. The van der Waals surface area contributed by atoms with Crippen LogP contribution in [0.25, 0.3) is 0 Å². The Bertz CT molecular complexity index is 984. The summed E-state index contributed by atoms with van der Waals surface area (Å²) < 4.78 is 28.0. The number of amides is 1. The van der Waals surface area contributed by atoms with Gasteiger partial charge in [0, 0.05) is 6.04 Å². The molecular weight excluding hydrogens is 384 g/mol. The number of sulfonamides is 1. The first-order valence-electron chi connectivity index (χ1n) is 10.3. The van der Waals surface area contributed by atoms with Gasteiger partial charge >= 0.3 is 0 Å². The number of anilines is 1. The third-order valence-electron chi connectivity index (χ3n) is 6.30. The van der Waals surface area contributed by atoms with E-state index in [1.54, 1.807) is 36.4 Å². The van der Waals surface area contributed by atoms with Gasteiger partial charge in [-0.2, -0.15) is 0 Å². The number of nitrogens with one attached hydrogen (secondary N) is 1. The van der Waals surface area contributed by atoms with Gasteiger partial charge in [0.1, 0.15) is 6.54 Å². The zero-order chi connectivity index (χ0) is 20.6. The van der Waals surface area contributed by atoms with Crippen LogP contribution in [0.1, 0.15) is 36.8 Å². The molecule has 4 rings (SSSR count). The highest BCUT2D eigenvalue weighted by Crippen LogP contribution is 2.44. The second-order valence-corrected chi connectivity index (χ2v) is 10.4. The molecule has 0 aliphatic heterocycles. The number of carbonyl (C=O) groups excluding carboxylic acids is 1. The molecule has 6 heteroatoms. The lowest BCUT2D eigenvalue weighted by molar-refractivity contribution is -0.120. The number of benzene rings is 2. The van der Waals surface area contributed by atoms with Gasteiger partial charge in [0.05, 0.1) is 10.6 Å². The third kappa shape index (κ3) is 4.17. The van der Waals surface area contributed by atoms with Crippen molar-refractivity contribution in [3.05, 3.63) is 59.7 Å². The lowest BCUT2D eigenvalue weighted by atomic mass is 9.95. The molecule has 0 spiro atoms. The lowest BCUT2D eigenvalue weighted by Crippen LogP contribution is -2.46. The van der Waals surface area contributed by atoms with Crippen molar-refractivity contribution < 1.29 is 13.2 Å². The van der Waals surface area contributed by atoms with Gasteiger partial charge in [0.25, 0.3) is 10.0 Å². The molecule has 0 radical (unpaired) electrons. The molecule has 2 aliphatic carbocycles. The van der Waals surface area contributed by atoms with E-state index in [2.05, 4.69) is 5.32 Å². The molecule has 29 heavy (non-hydrogen) atoms. The van der Waals surface area contributed by atoms with E-state index in [4.69, 9.17) is 0 Å². The van der Waals surface area contributed by atoms with Crippen LogP contribution in [0.3, 0.4) is 0 Å². The monoisotopic (exact) mass is 412 g/mol. The highest BCUT2D eigenvalue weighted by Gasteiger charge is 2.40. The average molecular weight is 413 g/mol. The zero-order valence-corrected chi connectivity index (χ0v) is 17.8. The van der Waals surface area contributed by atoms with E-state index in [1.165, 1.54) is 23.6 Å². The summed E-state index contributed by atoms with van der Waals surface area (Å²) in [5, 5.41) is 3.11. The summed E-state index contributed by atoms with van der Waals surface area (Å²) >= 11 is 0. The Morgan fingerprint density at radius 1 is 0.966 bits per heavy atom. The van der Waals surface area contributed by atoms with Crippen LogP contribution < -0.4 is 9.62 Å². The number of carbonyl (C=O) groups is 1. The van der Waals surface area contributed by atoms with Crippen molar-refractivity contribution in [2.45, 2.75) is 50.5 Å². The van der Waals surface area contributed by atoms with E-state index in [1.807, 2.05) is 26.0 Å². The molecular formula is C23H28N2O3S. The quantitative estimate of drug-likeness (QED) is 0.785. The highest BCUT2D eigenvalue weighted by atomic mass is 32.2. The number of rotatable bonds is 6. The van der Waals surface area contributed by atoms with Gasteiger partial charge in [-0.3, -0.25) is 9.10 Å². The predicted molar refractivity (Wildman–Crippen MR) is 114 cm³/mol. The summed E-state index contributed by atoms with van der Waals surface area (Å²) in [5.41, 5.74) is 2.52. The molecule has 5 nitrogen and oxygen atoms in total. The minimum Gasteiger partial charge on any atom is -0.352 e. The van der Waals surface area contributed by atoms with Crippen molar-refractivity contribution in [2.75, 3.05) is 10.8 Å². The Morgan fingerprint density at radius 2 is 1.59 bits per heavy atom. The normalized spacial score (nSPS) is 23.2. The Kier molecular flexibility index (Phi) is 5.38. The standard InChI is InChI=1S/C23H28N2O3S/c1-16-3-9-20(10-4-16)25(29(27,28)21-11-5-17(2)6-12-21)15-23(26)24-22-14-18-7-8-19(22)13-18/h3-6,9-12,18-19,22H,7-8,13-15H2,1-2H3,(H,24,26)/t18-,19+,22+/m0/s1. The fourth-order valence-electron chi connectivity index (χ4n) is 4.67. The molecule has 2 aliphatic rings. The first kappa shape index (κ1) is 20.0. The molecule has 1 N–H and O–H groups in total. The van der Waals surface area contributed by atoms with Crippen LogP contribution in [0.4, 0.5) is 5.69 Å². The molecule has 2 bridgehead atoms. The van der Waals surface area contributed by atoms with Crippen LogP contribution in [-0.2, 0) is 14.8 Å². The fourth-order valence-corrected chi connectivity index (χ4v) is 6.09. The summed E-state index contributed by atoms with van der Waals surface area (Å²) in [6.07, 6.45) is 4.63. The maximum atomic E-state index is 13.4. The van der Waals surface area contributed by atoms with Gasteiger partial charge in [-0.1, -0.05) is 41.8 Å². The molecule has 2 aromatic carbocycles. The van der Waals surface area contributed by atoms with Crippen LogP contribution in [-0.4, -0.2) is 26.9 Å². The van der Waals surface area contributed by atoms with Gasteiger partial charge in [-0.05, 0) is 69.2 Å². The van der Waals surface area contributed by atoms with Gasteiger partial charge in [-0.25, -0.2) is 8.42 Å². The smallest absolute Gasteiger partial charge is 0.264 e. The molecule has 2 fully saturated rings. The fraction of sp³-hybridized carbons (Fsp3) is 0.435. The van der Waals surface area contributed by atoms with Crippen molar-refractivity contribution in [3.8, 4) is 0 Å². The Labute approximate surface area is 173 Å². The maximum Gasteiger partial charge on any atom is 0.264 e. The Morgan fingerprint density at radius 3 is 2.14 bits per heavy atom. The zero-order valence-electron chi connectivity index (χ0n) is 17.0. The summed E-state index contributed by atoms with van der Waals surface area (Å²) in [6.45, 7) is 3.65. The summed E-state index contributed by atoms with van der Waals surface area (Å²) in [4.78, 5) is 13.0. The van der Waals surface area contributed by atoms with E-state index in [0.29, 0.717) is 11.6 Å². The topological polar surface area (TPSA) is 66.5 Å². The van der Waals surface area contributed by atoms with E-state index < -0.39 is 10.0 Å². The van der Waals surface area contributed by atoms with Crippen molar-refractivity contribution in [3.63, 3.8) is 0 Å². The minimum atomic E-state index is -3.85. The largest absolute Gasteiger partial charge is 0.352 e. The third-order valence-corrected chi connectivity index (χ3v) is 8.09. The highest BCUT2D eigenvalue weighted by molar-refractivity contribution is 7.92. The molecule has 0 heterocycles. The minimum absolute atomic E-state index is 0.184. The SMILES string of the molecule is Cc1ccc(N(CC(=O)N[C@@H]2C[C@H]3CC[C@@H]2C3)S(=O)(=O)c2ccc(C)cc2)cc1. The van der Waals surface area contributed by atoms with Crippen LogP contribution in [0, 0.1) is 25.7 Å². The second kappa shape index (κ2) is 7.82. The van der Waals surface area contributed by atoms with E-state index in [0.717, 1.165) is 23.5 Å². The number of aryl methyl sites for hydroxylation is 2. The van der Waals surface area contributed by atoms with Crippen LogP contribution in [0.15, 0.2) is 53.4 Å². The van der Waals surface area contributed by atoms with Crippen molar-refractivity contribution in [1.29, 1.82) is 0 Å². The average Bonchev–Trinajstić information content (AvgIpc) is 3.30.